The number of hydrogen-bond acceptors (Lipinski definition) is 2. The van der Waals surface area contributed by atoms with E-state index in [2.05, 4.69) is 30.4 Å². The Morgan fingerprint density at radius 3 is 2.83 bits per heavy atom. The number of benzene rings is 1. The highest BCUT2D eigenvalue weighted by atomic mass is 16.5. The molecule has 1 aliphatic heterocycles. The summed E-state index contributed by atoms with van der Waals surface area (Å²) in [5, 5.41) is 3.83. The standard InChI is InChI=1S/C16H23NO/c1-11-7-8-16(18-2)13(9-11)15-10-12-5-3-4-6-14(12)17-15/h7-9,12,14-15,17H,3-6,10H2,1-2H3. The predicted octanol–water partition coefficient (Wildman–Crippen LogP) is 3.60. The Kier molecular flexibility index (Phi) is 3.29. The van der Waals surface area contributed by atoms with Crippen LogP contribution in [0.15, 0.2) is 18.2 Å². The summed E-state index contributed by atoms with van der Waals surface area (Å²) in [5.41, 5.74) is 2.68. The van der Waals surface area contributed by atoms with Crippen molar-refractivity contribution in [3.05, 3.63) is 29.3 Å². The van der Waals surface area contributed by atoms with Crippen molar-refractivity contribution in [1.29, 1.82) is 0 Å². The smallest absolute Gasteiger partial charge is 0.123 e. The van der Waals surface area contributed by atoms with Crippen LogP contribution in [0.2, 0.25) is 0 Å². The summed E-state index contributed by atoms with van der Waals surface area (Å²) >= 11 is 0. The van der Waals surface area contributed by atoms with Crippen molar-refractivity contribution in [2.45, 2.75) is 51.1 Å². The first-order chi connectivity index (χ1) is 8.78. The van der Waals surface area contributed by atoms with Crippen LogP contribution in [0.5, 0.6) is 5.75 Å². The van der Waals surface area contributed by atoms with Gasteiger partial charge in [0.2, 0.25) is 0 Å². The predicted molar refractivity (Wildman–Crippen MR) is 74.0 cm³/mol. The quantitative estimate of drug-likeness (QED) is 0.859. The Labute approximate surface area is 110 Å². The fourth-order valence-corrected chi connectivity index (χ4v) is 3.68. The largest absolute Gasteiger partial charge is 0.496 e. The third kappa shape index (κ3) is 2.14. The number of hydrogen-bond donors (Lipinski definition) is 1. The zero-order valence-corrected chi connectivity index (χ0v) is 11.4. The van der Waals surface area contributed by atoms with Gasteiger partial charge in [-0.3, -0.25) is 0 Å². The molecule has 1 heterocycles. The van der Waals surface area contributed by atoms with Crippen LogP contribution in [0.25, 0.3) is 0 Å². The normalized spacial score (nSPS) is 31.1. The summed E-state index contributed by atoms with van der Waals surface area (Å²) in [6.45, 7) is 2.16. The molecule has 18 heavy (non-hydrogen) atoms. The Morgan fingerprint density at radius 1 is 1.22 bits per heavy atom. The Balaban J connectivity index is 1.85. The molecule has 0 bridgehead atoms. The molecule has 3 unspecified atom stereocenters. The molecule has 2 nitrogen and oxygen atoms in total. The maximum atomic E-state index is 5.53. The van der Waals surface area contributed by atoms with E-state index in [0.29, 0.717) is 6.04 Å². The molecule has 98 valence electrons. The minimum atomic E-state index is 0.493. The van der Waals surface area contributed by atoms with Gasteiger partial charge in [-0.1, -0.05) is 30.5 Å². The lowest BCUT2D eigenvalue weighted by atomic mass is 9.84. The van der Waals surface area contributed by atoms with Crippen molar-refractivity contribution in [2.24, 2.45) is 5.92 Å². The molecular formula is C16H23NO. The summed E-state index contributed by atoms with van der Waals surface area (Å²) < 4.78 is 5.53. The van der Waals surface area contributed by atoms with E-state index in [1.807, 2.05) is 0 Å². The molecule has 2 aliphatic rings. The second kappa shape index (κ2) is 4.93. The molecule has 2 heteroatoms. The molecule has 1 N–H and O–H groups in total. The summed E-state index contributed by atoms with van der Waals surface area (Å²) in [6.07, 6.45) is 6.86. The van der Waals surface area contributed by atoms with Gasteiger partial charge in [0, 0.05) is 17.6 Å². The van der Waals surface area contributed by atoms with E-state index in [9.17, 15) is 0 Å². The van der Waals surface area contributed by atoms with Crippen molar-refractivity contribution in [2.75, 3.05) is 7.11 Å². The zero-order chi connectivity index (χ0) is 12.5. The van der Waals surface area contributed by atoms with Gasteiger partial charge in [0.25, 0.3) is 0 Å². The first-order valence-corrected chi connectivity index (χ1v) is 7.18. The third-order valence-electron chi connectivity index (χ3n) is 4.62. The Hall–Kier alpha value is -1.02. The van der Waals surface area contributed by atoms with E-state index in [1.54, 1.807) is 7.11 Å². The number of fused-ring (bicyclic) bond motifs is 1. The van der Waals surface area contributed by atoms with Gasteiger partial charge in [0.05, 0.1) is 7.11 Å². The molecule has 1 aromatic rings. The van der Waals surface area contributed by atoms with Crippen LogP contribution in [0.3, 0.4) is 0 Å². The lowest BCUT2D eigenvalue weighted by Crippen LogP contribution is -2.30. The number of nitrogens with one attached hydrogen (secondary N) is 1. The van der Waals surface area contributed by atoms with E-state index < -0.39 is 0 Å². The molecule has 1 saturated carbocycles. The van der Waals surface area contributed by atoms with Gasteiger partial charge in [0.1, 0.15) is 5.75 Å². The van der Waals surface area contributed by atoms with Crippen molar-refractivity contribution >= 4 is 0 Å². The van der Waals surface area contributed by atoms with Crippen LogP contribution in [-0.4, -0.2) is 13.2 Å². The Morgan fingerprint density at radius 2 is 2.06 bits per heavy atom. The van der Waals surface area contributed by atoms with Gasteiger partial charge in [0.15, 0.2) is 0 Å². The van der Waals surface area contributed by atoms with Crippen LogP contribution >= 0.6 is 0 Å². The molecule has 3 rings (SSSR count). The van der Waals surface area contributed by atoms with Crippen LogP contribution in [0.4, 0.5) is 0 Å². The van der Waals surface area contributed by atoms with Gasteiger partial charge >= 0.3 is 0 Å². The van der Waals surface area contributed by atoms with Gasteiger partial charge in [-0.25, -0.2) is 0 Å². The van der Waals surface area contributed by atoms with Gasteiger partial charge in [-0.05, 0) is 38.2 Å². The van der Waals surface area contributed by atoms with Crippen LogP contribution in [-0.2, 0) is 0 Å². The van der Waals surface area contributed by atoms with Crippen LogP contribution in [0.1, 0.15) is 49.3 Å². The average molecular weight is 245 g/mol. The first-order valence-electron chi connectivity index (χ1n) is 7.18. The molecule has 3 atom stereocenters. The topological polar surface area (TPSA) is 21.3 Å². The highest BCUT2D eigenvalue weighted by molar-refractivity contribution is 5.39. The lowest BCUT2D eigenvalue weighted by Gasteiger charge is -2.24. The first kappa shape index (κ1) is 12.0. The molecule has 1 saturated heterocycles. The molecule has 0 spiro atoms. The minimum Gasteiger partial charge on any atom is -0.496 e. The molecular weight excluding hydrogens is 222 g/mol. The highest BCUT2D eigenvalue weighted by Crippen LogP contribution is 2.41. The summed E-state index contributed by atoms with van der Waals surface area (Å²) in [5.74, 6) is 1.92. The van der Waals surface area contributed by atoms with Gasteiger partial charge < -0.3 is 10.1 Å². The summed E-state index contributed by atoms with van der Waals surface area (Å²) in [4.78, 5) is 0. The molecule has 0 amide bonds. The molecule has 1 aliphatic carbocycles. The molecule has 0 aromatic heterocycles. The second-order valence-corrected chi connectivity index (χ2v) is 5.85. The minimum absolute atomic E-state index is 0.493. The fraction of sp³-hybridized carbons (Fsp3) is 0.625. The van der Waals surface area contributed by atoms with Crippen molar-refractivity contribution < 1.29 is 4.74 Å². The van der Waals surface area contributed by atoms with Crippen molar-refractivity contribution in [3.8, 4) is 5.75 Å². The van der Waals surface area contributed by atoms with Crippen molar-refractivity contribution in [3.63, 3.8) is 0 Å². The van der Waals surface area contributed by atoms with E-state index in [-0.39, 0.29) is 0 Å². The van der Waals surface area contributed by atoms with Gasteiger partial charge in [-0.2, -0.15) is 0 Å². The number of aryl methyl sites for hydroxylation is 1. The third-order valence-corrected chi connectivity index (χ3v) is 4.62. The number of ether oxygens (including phenoxy) is 1. The van der Waals surface area contributed by atoms with Crippen LogP contribution in [0, 0.1) is 12.8 Å². The maximum Gasteiger partial charge on any atom is 0.123 e. The molecule has 1 aromatic carbocycles. The summed E-state index contributed by atoms with van der Waals surface area (Å²) in [7, 11) is 1.77. The van der Waals surface area contributed by atoms with Crippen molar-refractivity contribution in [1.82, 2.24) is 5.32 Å². The maximum absolute atomic E-state index is 5.53. The molecule has 2 fully saturated rings. The highest BCUT2D eigenvalue weighted by Gasteiger charge is 2.36. The summed E-state index contributed by atoms with van der Waals surface area (Å²) in [6, 6.07) is 7.76. The number of methoxy groups -OCH3 is 1. The SMILES string of the molecule is COc1ccc(C)cc1C1CC2CCCCC2N1. The Bertz CT molecular complexity index is 415. The molecule has 0 radical (unpaired) electrons. The monoisotopic (exact) mass is 245 g/mol. The second-order valence-electron chi connectivity index (χ2n) is 5.85. The van der Waals surface area contributed by atoms with E-state index >= 15 is 0 Å². The van der Waals surface area contributed by atoms with E-state index in [1.165, 1.54) is 43.2 Å². The van der Waals surface area contributed by atoms with Crippen LogP contribution < -0.4 is 10.1 Å². The zero-order valence-electron chi connectivity index (χ0n) is 11.4. The van der Waals surface area contributed by atoms with Gasteiger partial charge in [-0.15, -0.1) is 0 Å². The fourth-order valence-electron chi connectivity index (χ4n) is 3.68. The lowest BCUT2D eigenvalue weighted by molar-refractivity contribution is 0.325. The average Bonchev–Trinajstić information content (AvgIpc) is 2.82. The van der Waals surface area contributed by atoms with E-state index in [4.69, 9.17) is 4.74 Å². The number of rotatable bonds is 2. The van der Waals surface area contributed by atoms with E-state index in [0.717, 1.165) is 17.7 Å².